The molecule has 1 aliphatic heterocycles. The lowest BCUT2D eigenvalue weighted by Crippen LogP contribution is -2.34. The molecule has 5 nitrogen and oxygen atoms in total. The largest absolute Gasteiger partial charge is 0.334 e. The second-order valence-electron chi connectivity index (χ2n) is 6.86. The van der Waals surface area contributed by atoms with E-state index < -0.39 is 0 Å². The highest BCUT2D eigenvalue weighted by Crippen LogP contribution is 2.26. The van der Waals surface area contributed by atoms with E-state index >= 15 is 0 Å². The molecule has 1 aliphatic rings. The maximum absolute atomic E-state index is 13.1. The molecule has 3 aromatic rings. The van der Waals surface area contributed by atoms with Crippen LogP contribution in [0.4, 0.5) is 4.39 Å². The molecule has 0 radical (unpaired) electrons. The number of halogens is 1. The normalized spacial score (nSPS) is 16.1. The Morgan fingerprint density at radius 3 is 2.42 bits per heavy atom. The molecule has 1 aromatic carbocycles. The SMILES string of the molecule is Cc1ncc(CN2CCC(n3cnc(-c4ccc(F)cc4)c3)CC2)cn1. The van der Waals surface area contributed by atoms with Crippen LogP contribution in [-0.4, -0.2) is 37.5 Å². The molecular formula is C20H22FN5. The van der Waals surface area contributed by atoms with Crippen LogP contribution in [0.1, 0.15) is 30.3 Å². The van der Waals surface area contributed by atoms with Gasteiger partial charge in [0.25, 0.3) is 0 Å². The van der Waals surface area contributed by atoms with Gasteiger partial charge in [0.15, 0.2) is 0 Å². The highest BCUT2D eigenvalue weighted by molar-refractivity contribution is 5.57. The van der Waals surface area contributed by atoms with Gasteiger partial charge in [-0.1, -0.05) is 0 Å². The van der Waals surface area contributed by atoms with E-state index in [0.29, 0.717) is 6.04 Å². The fraction of sp³-hybridized carbons (Fsp3) is 0.350. The lowest BCUT2D eigenvalue weighted by Gasteiger charge is -2.32. The summed E-state index contributed by atoms with van der Waals surface area (Å²) in [5.74, 6) is 0.587. The molecule has 0 bridgehead atoms. The van der Waals surface area contributed by atoms with Crippen molar-refractivity contribution < 1.29 is 4.39 Å². The molecule has 1 fully saturated rings. The highest BCUT2D eigenvalue weighted by Gasteiger charge is 2.21. The van der Waals surface area contributed by atoms with Crippen molar-refractivity contribution in [2.75, 3.05) is 13.1 Å². The van der Waals surface area contributed by atoms with E-state index in [0.717, 1.165) is 55.1 Å². The first kappa shape index (κ1) is 16.8. The first-order valence-corrected chi connectivity index (χ1v) is 8.97. The summed E-state index contributed by atoms with van der Waals surface area (Å²) in [7, 11) is 0. The fourth-order valence-corrected chi connectivity index (χ4v) is 3.44. The number of nitrogens with zero attached hydrogens (tertiary/aromatic N) is 5. The molecule has 0 unspecified atom stereocenters. The molecule has 1 saturated heterocycles. The topological polar surface area (TPSA) is 46.8 Å². The van der Waals surface area contributed by atoms with Gasteiger partial charge in [-0.05, 0) is 44.0 Å². The van der Waals surface area contributed by atoms with Crippen LogP contribution in [0, 0.1) is 12.7 Å². The average Bonchev–Trinajstić information content (AvgIpc) is 3.15. The Balaban J connectivity index is 1.36. The summed E-state index contributed by atoms with van der Waals surface area (Å²) in [6.07, 6.45) is 9.98. The molecule has 0 spiro atoms. The predicted molar refractivity (Wildman–Crippen MR) is 97.9 cm³/mol. The van der Waals surface area contributed by atoms with Crippen molar-refractivity contribution >= 4 is 0 Å². The molecule has 0 saturated carbocycles. The molecule has 0 atom stereocenters. The van der Waals surface area contributed by atoms with Crippen molar-refractivity contribution in [3.05, 3.63) is 66.4 Å². The van der Waals surface area contributed by atoms with Gasteiger partial charge < -0.3 is 4.57 Å². The van der Waals surface area contributed by atoms with Gasteiger partial charge in [-0.3, -0.25) is 4.90 Å². The van der Waals surface area contributed by atoms with Gasteiger partial charge in [0, 0.05) is 55.4 Å². The van der Waals surface area contributed by atoms with Crippen molar-refractivity contribution in [1.29, 1.82) is 0 Å². The summed E-state index contributed by atoms with van der Waals surface area (Å²) >= 11 is 0. The Morgan fingerprint density at radius 2 is 1.73 bits per heavy atom. The first-order valence-electron chi connectivity index (χ1n) is 8.97. The third-order valence-corrected chi connectivity index (χ3v) is 4.96. The minimum absolute atomic E-state index is 0.223. The number of benzene rings is 1. The lowest BCUT2D eigenvalue weighted by molar-refractivity contribution is 0.179. The Bertz CT molecular complexity index is 849. The van der Waals surface area contributed by atoms with Gasteiger partial charge in [0.05, 0.1) is 12.0 Å². The summed E-state index contributed by atoms with van der Waals surface area (Å²) in [6.45, 7) is 4.89. The maximum atomic E-state index is 13.1. The van der Waals surface area contributed by atoms with Crippen LogP contribution in [0.25, 0.3) is 11.3 Å². The van der Waals surface area contributed by atoms with E-state index in [1.54, 1.807) is 12.1 Å². The van der Waals surface area contributed by atoms with Gasteiger partial charge in [0.2, 0.25) is 0 Å². The number of imidazole rings is 1. The molecule has 0 amide bonds. The van der Waals surface area contributed by atoms with E-state index in [1.165, 1.54) is 12.1 Å². The van der Waals surface area contributed by atoms with Crippen molar-refractivity contribution in [3.63, 3.8) is 0 Å². The third-order valence-electron chi connectivity index (χ3n) is 4.96. The number of likely N-dealkylation sites (tertiary alicyclic amines) is 1. The molecule has 0 aliphatic carbocycles. The molecule has 2 aromatic heterocycles. The zero-order chi connectivity index (χ0) is 17.9. The van der Waals surface area contributed by atoms with Crippen LogP contribution in [0.2, 0.25) is 0 Å². The number of aromatic nitrogens is 4. The van der Waals surface area contributed by atoms with Gasteiger partial charge in [-0.2, -0.15) is 0 Å². The van der Waals surface area contributed by atoms with Gasteiger partial charge in [-0.15, -0.1) is 0 Å². The Kier molecular flexibility index (Phi) is 4.75. The van der Waals surface area contributed by atoms with E-state index in [-0.39, 0.29) is 5.82 Å². The van der Waals surface area contributed by atoms with E-state index in [2.05, 4.69) is 30.6 Å². The van der Waals surface area contributed by atoms with Crippen molar-refractivity contribution in [1.82, 2.24) is 24.4 Å². The summed E-state index contributed by atoms with van der Waals surface area (Å²) in [5.41, 5.74) is 3.00. The van der Waals surface area contributed by atoms with E-state index in [4.69, 9.17) is 0 Å². The Hall–Kier alpha value is -2.60. The quantitative estimate of drug-likeness (QED) is 0.720. The Morgan fingerprint density at radius 1 is 1.04 bits per heavy atom. The van der Waals surface area contributed by atoms with Crippen LogP contribution in [0.3, 0.4) is 0 Å². The summed E-state index contributed by atoms with van der Waals surface area (Å²) in [6, 6.07) is 6.95. The monoisotopic (exact) mass is 351 g/mol. The van der Waals surface area contributed by atoms with Crippen LogP contribution in [0.15, 0.2) is 49.2 Å². The summed E-state index contributed by atoms with van der Waals surface area (Å²) < 4.78 is 15.3. The zero-order valence-electron chi connectivity index (χ0n) is 14.8. The second-order valence-corrected chi connectivity index (χ2v) is 6.86. The van der Waals surface area contributed by atoms with Crippen LogP contribution < -0.4 is 0 Å². The molecule has 0 N–H and O–H groups in total. The molecule has 4 rings (SSSR count). The second kappa shape index (κ2) is 7.33. The van der Waals surface area contributed by atoms with Crippen LogP contribution >= 0.6 is 0 Å². The average molecular weight is 351 g/mol. The van der Waals surface area contributed by atoms with Gasteiger partial charge >= 0.3 is 0 Å². The predicted octanol–water partition coefficient (Wildman–Crippen LogP) is 3.62. The Labute approximate surface area is 152 Å². The maximum Gasteiger partial charge on any atom is 0.125 e. The minimum atomic E-state index is -0.223. The van der Waals surface area contributed by atoms with Gasteiger partial charge in [-0.25, -0.2) is 19.3 Å². The van der Waals surface area contributed by atoms with Crippen molar-refractivity contribution in [2.24, 2.45) is 0 Å². The smallest absolute Gasteiger partial charge is 0.125 e. The third kappa shape index (κ3) is 3.80. The highest BCUT2D eigenvalue weighted by atomic mass is 19.1. The lowest BCUT2D eigenvalue weighted by atomic mass is 10.0. The summed E-state index contributed by atoms with van der Waals surface area (Å²) in [4.78, 5) is 15.5. The molecule has 134 valence electrons. The van der Waals surface area contributed by atoms with Gasteiger partial charge in [0.1, 0.15) is 11.6 Å². The van der Waals surface area contributed by atoms with Crippen LogP contribution in [0.5, 0.6) is 0 Å². The molecule has 26 heavy (non-hydrogen) atoms. The zero-order valence-corrected chi connectivity index (χ0v) is 14.8. The van der Waals surface area contributed by atoms with Crippen molar-refractivity contribution in [3.8, 4) is 11.3 Å². The number of piperidine rings is 1. The minimum Gasteiger partial charge on any atom is -0.334 e. The first-order chi connectivity index (χ1) is 12.7. The van der Waals surface area contributed by atoms with E-state index in [1.807, 2.05) is 25.6 Å². The molecule has 3 heterocycles. The van der Waals surface area contributed by atoms with E-state index in [9.17, 15) is 4.39 Å². The number of hydrogen-bond acceptors (Lipinski definition) is 4. The fourth-order valence-electron chi connectivity index (χ4n) is 3.44. The number of hydrogen-bond donors (Lipinski definition) is 0. The number of aryl methyl sites for hydroxylation is 1. The standard InChI is InChI=1S/C20H22FN5/c1-15-22-10-16(11-23-15)12-25-8-6-19(7-9-25)26-13-20(24-14-26)17-2-4-18(21)5-3-17/h2-5,10-11,13-14,19H,6-9,12H2,1H3. The number of rotatable bonds is 4. The van der Waals surface area contributed by atoms with Crippen molar-refractivity contribution in [2.45, 2.75) is 32.4 Å². The summed E-state index contributed by atoms with van der Waals surface area (Å²) in [5, 5.41) is 0. The van der Waals surface area contributed by atoms with Crippen LogP contribution in [-0.2, 0) is 6.54 Å². The molecular weight excluding hydrogens is 329 g/mol. The molecule has 6 heteroatoms.